The fourth-order valence-corrected chi connectivity index (χ4v) is 1.65. The van der Waals surface area contributed by atoms with Crippen molar-refractivity contribution < 1.29 is 22.3 Å². The van der Waals surface area contributed by atoms with Crippen LogP contribution in [0.1, 0.15) is 12.6 Å². The van der Waals surface area contributed by atoms with Gasteiger partial charge in [0, 0.05) is 24.4 Å². The lowest BCUT2D eigenvalue weighted by Gasteiger charge is -2.20. The highest BCUT2D eigenvalue weighted by molar-refractivity contribution is 5.05. The van der Waals surface area contributed by atoms with E-state index in [1.165, 1.54) is 0 Å². The number of hydrogen-bond donors (Lipinski definition) is 1. The Hall–Kier alpha value is -1.21. The lowest BCUT2D eigenvalue weighted by molar-refractivity contribution is -0.167. The molecule has 0 saturated heterocycles. The van der Waals surface area contributed by atoms with Crippen LogP contribution >= 0.6 is 0 Å². The number of pyridine rings is 1. The third kappa shape index (κ3) is 5.83. The Kier molecular flexibility index (Phi) is 6.87. The number of halogens is 4. The molecule has 1 atom stereocenters. The predicted molar refractivity (Wildman–Crippen MR) is 67.2 cm³/mol. The molecule has 0 aliphatic rings. The summed E-state index contributed by atoms with van der Waals surface area (Å²) in [6.45, 7) is 1.12. The molecule has 114 valence electrons. The standard InChI is InChI=1S/C13H18F4N2O/c1-2-18-11(7-10-5-3-4-6-19-10)8-20-9-13(16,17)12(14)15/h3-6,11-12,18H,2,7-9H2,1H3. The first-order valence-electron chi connectivity index (χ1n) is 6.32. The van der Waals surface area contributed by atoms with Crippen LogP contribution in [0.5, 0.6) is 0 Å². The van der Waals surface area contributed by atoms with E-state index in [4.69, 9.17) is 4.74 Å². The van der Waals surface area contributed by atoms with Crippen molar-refractivity contribution in [2.75, 3.05) is 19.8 Å². The van der Waals surface area contributed by atoms with Crippen LogP contribution < -0.4 is 5.32 Å². The molecule has 0 amide bonds. The molecule has 0 aromatic carbocycles. The van der Waals surface area contributed by atoms with Crippen LogP contribution in [0, 0.1) is 0 Å². The summed E-state index contributed by atoms with van der Waals surface area (Å²) >= 11 is 0. The van der Waals surface area contributed by atoms with Crippen molar-refractivity contribution in [2.45, 2.75) is 31.7 Å². The van der Waals surface area contributed by atoms with Gasteiger partial charge in [0.25, 0.3) is 0 Å². The number of ether oxygens (including phenoxy) is 1. The molecule has 1 heterocycles. The van der Waals surface area contributed by atoms with Crippen molar-refractivity contribution in [2.24, 2.45) is 0 Å². The maximum Gasteiger partial charge on any atom is 0.330 e. The molecular formula is C13H18F4N2O. The number of nitrogens with zero attached hydrogens (tertiary/aromatic N) is 1. The van der Waals surface area contributed by atoms with Gasteiger partial charge in [0.1, 0.15) is 6.61 Å². The molecule has 0 aliphatic heterocycles. The molecular weight excluding hydrogens is 276 g/mol. The average molecular weight is 294 g/mol. The number of hydrogen-bond acceptors (Lipinski definition) is 3. The zero-order chi connectivity index (χ0) is 15.0. The Bertz CT molecular complexity index is 376. The van der Waals surface area contributed by atoms with Gasteiger partial charge in [0.2, 0.25) is 0 Å². The summed E-state index contributed by atoms with van der Waals surface area (Å²) < 4.78 is 54.1. The minimum Gasteiger partial charge on any atom is -0.373 e. The molecule has 0 spiro atoms. The molecule has 3 nitrogen and oxygen atoms in total. The van der Waals surface area contributed by atoms with Gasteiger partial charge in [-0.05, 0) is 18.7 Å². The first kappa shape index (κ1) is 16.8. The molecule has 1 aromatic rings. The van der Waals surface area contributed by atoms with Crippen molar-refractivity contribution in [1.82, 2.24) is 10.3 Å². The van der Waals surface area contributed by atoms with E-state index in [2.05, 4.69) is 10.3 Å². The van der Waals surface area contributed by atoms with E-state index < -0.39 is 19.0 Å². The topological polar surface area (TPSA) is 34.1 Å². The maximum absolute atomic E-state index is 12.7. The summed E-state index contributed by atoms with van der Waals surface area (Å²) in [5, 5.41) is 3.05. The highest BCUT2D eigenvalue weighted by atomic mass is 19.3. The predicted octanol–water partition coefficient (Wildman–Crippen LogP) is 2.52. The highest BCUT2D eigenvalue weighted by Crippen LogP contribution is 2.22. The van der Waals surface area contributed by atoms with Gasteiger partial charge in [-0.3, -0.25) is 4.98 Å². The first-order valence-corrected chi connectivity index (χ1v) is 6.32. The van der Waals surface area contributed by atoms with Crippen molar-refractivity contribution >= 4 is 0 Å². The van der Waals surface area contributed by atoms with Crippen LogP contribution in [0.4, 0.5) is 17.6 Å². The largest absolute Gasteiger partial charge is 0.373 e. The fourth-order valence-electron chi connectivity index (χ4n) is 1.65. The van der Waals surface area contributed by atoms with Crippen molar-refractivity contribution in [3.63, 3.8) is 0 Å². The van der Waals surface area contributed by atoms with Crippen LogP contribution in [-0.4, -0.2) is 43.1 Å². The quantitative estimate of drug-likeness (QED) is 0.711. The molecule has 0 saturated carbocycles. The van der Waals surface area contributed by atoms with Gasteiger partial charge in [-0.2, -0.15) is 8.78 Å². The second-order valence-corrected chi connectivity index (χ2v) is 4.36. The summed E-state index contributed by atoms with van der Waals surface area (Å²) in [6.07, 6.45) is -1.60. The number of aromatic nitrogens is 1. The Morgan fingerprint density at radius 3 is 2.65 bits per heavy atom. The van der Waals surface area contributed by atoms with E-state index in [0.717, 1.165) is 5.69 Å². The Morgan fingerprint density at radius 2 is 2.10 bits per heavy atom. The molecule has 7 heteroatoms. The lowest BCUT2D eigenvalue weighted by atomic mass is 10.1. The van der Waals surface area contributed by atoms with E-state index in [0.29, 0.717) is 13.0 Å². The van der Waals surface area contributed by atoms with Gasteiger partial charge >= 0.3 is 12.3 Å². The molecule has 0 bridgehead atoms. The van der Waals surface area contributed by atoms with E-state index in [9.17, 15) is 17.6 Å². The third-order valence-electron chi connectivity index (χ3n) is 2.61. The Morgan fingerprint density at radius 1 is 1.35 bits per heavy atom. The number of nitrogens with one attached hydrogen (secondary N) is 1. The molecule has 20 heavy (non-hydrogen) atoms. The average Bonchev–Trinajstić information content (AvgIpc) is 2.39. The smallest absolute Gasteiger partial charge is 0.330 e. The highest BCUT2D eigenvalue weighted by Gasteiger charge is 2.41. The normalized spacial score (nSPS) is 13.7. The van der Waals surface area contributed by atoms with Crippen LogP contribution in [0.15, 0.2) is 24.4 Å². The molecule has 1 aromatic heterocycles. The molecule has 1 rings (SSSR count). The summed E-state index contributed by atoms with van der Waals surface area (Å²) in [7, 11) is 0. The van der Waals surface area contributed by atoms with Crippen molar-refractivity contribution in [3.05, 3.63) is 30.1 Å². The molecule has 1 N–H and O–H groups in total. The molecule has 0 fully saturated rings. The van der Waals surface area contributed by atoms with Gasteiger partial charge in [-0.15, -0.1) is 0 Å². The van der Waals surface area contributed by atoms with Gasteiger partial charge in [-0.1, -0.05) is 13.0 Å². The monoisotopic (exact) mass is 294 g/mol. The van der Waals surface area contributed by atoms with Crippen LogP contribution in [0.25, 0.3) is 0 Å². The van der Waals surface area contributed by atoms with Crippen LogP contribution in [-0.2, 0) is 11.2 Å². The van der Waals surface area contributed by atoms with Gasteiger partial charge in [0.15, 0.2) is 0 Å². The fraction of sp³-hybridized carbons (Fsp3) is 0.615. The van der Waals surface area contributed by atoms with E-state index in [1.54, 1.807) is 18.3 Å². The van der Waals surface area contributed by atoms with Gasteiger partial charge in [-0.25, -0.2) is 8.78 Å². The molecule has 0 aliphatic carbocycles. The molecule has 0 radical (unpaired) electrons. The SMILES string of the molecule is CCNC(COCC(F)(F)C(F)F)Cc1ccccn1. The minimum absolute atomic E-state index is 0.0767. The number of alkyl halides is 4. The third-order valence-corrected chi connectivity index (χ3v) is 2.61. The van der Waals surface area contributed by atoms with Crippen molar-refractivity contribution in [1.29, 1.82) is 0 Å². The Balaban J connectivity index is 2.43. The van der Waals surface area contributed by atoms with Gasteiger partial charge < -0.3 is 10.1 Å². The Labute approximate surface area is 115 Å². The van der Waals surface area contributed by atoms with Crippen LogP contribution in [0.3, 0.4) is 0 Å². The summed E-state index contributed by atoms with van der Waals surface area (Å²) in [4.78, 5) is 4.12. The zero-order valence-electron chi connectivity index (χ0n) is 11.2. The van der Waals surface area contributed by atoms with Crippen molar-refractivity contribution in [3.8, 4) is 0 Å². The van der Waals surface area contributed by atoms with Gasteiger partial charge in [0.05, 0.1) is 6.61 Å². The van der Waals surface area contributed by atoms with E-state index >= 15 is 0 Å². The minimum atomic E-state index is -4.11. The summed E-state index contributed by atoms with van der Waals surface area (Å²) in [5.41, 5.74) is 0.780. The second-order valence-electron chi connectivity index (χ2n) is 4.36. The zero-order valence-corrected chi connectivity index (χ0v) is 11.2. The van der Waals surface area contributed by atoms with E-state index in [1.807, 2.05) is 13.0 Å². The summed E-state index contributed by atoms with van der Waals surface area (Å²) in [5.74, 6) is -4.11. The number of likely N-dealkylation sites (N-methyl/N-ethyl adjacent to an activating group) is 1. The summed E-state index contributed by atoms with van der Waals surface area (Å²) in [6, 6.07) is 5.14. The molecule has 1 unspecified atom stereocenters. The second kappa shape index (κ2) is 8.16. The van der Waals surface area contributed by atoms with Crippen LogP contribution in [0.2, 0.25) is 0 Å². The number of rotatable bonds is 9. The van der Waals surface area contributed by atoms with E-state index in [-0.39, 0.29) is 12.6 Å². The first-order chi connectivity index (χ1) is 9.45. The lowest BCUT2D eigenvalue weighted by Crippen LogP contribution is -2.39. The maximum atomic E-state index is 12.7.